The lowest BCUT2D eigenvalue weighted by Crippen LogP contribution is -2.44. The van der Waals surface area contributed by atoms with Crippen LogP contribution in [0.1, 0.15) is 6.42 Å². The van der Waals surface area contributed by atoms with E-state index in [9.17, 15) is 0 Å². The number of likely N-dealkylation sites (N-methyl/N-ethyl adjacent to an activating group) is 1. The zero-order valence-corrected chi connectivity index (χ0v) is 8.45. The molecule has 1 aliphatic rings. The van der Waals surface area contributed by atoms with Crippen molar-refractivity contribution in [1.29, 1.82) is 0 Å². The minimum absolute atomic E-state index is 0.159. The second kappa shape index (κ2) is 5.54. The molecule has 1 rings (SSSR count). The molecule has 0 aromatic heterocycles. The van der Waals surface area contributed by atoms with Crippen LogP contribution >= 0.6 is 0 Å². The highest BCUT2D eigenvalue weighted by Gasteiger charge is 2.18. The Bertz CT molecular complexity index is 139. The van der Waals surface area contributed by atoms with Gasteiger partial charge in [0.1, 0.15) is 0 Å². The fraction of sp³-hybridized carbons (Fsp3) is 1.00. The summed E-state index contributed by atoms with van der Waals surface area (Å²) in [4.78, 5) is 4.62. The van der Waals surface area contributed by atoms with Gasteiger partial charge in [0.25, 0.3) is 0 Å². The third-order valence-electron chi connectivity index (χ3n) is 2.75. The number of aliphatic hydroxyl groups excluding tert-OH is 1. The topological polar surface area (TPSA) is 52.7 Å². The second-order valence-corrected chi connectivity index (χ2v) is 3.76. The van der Waals surface area contributed by atoms with Gasteiger partial charge in [-0.15, -0.1) is 0 Å². The zero-order chi connectivity index (χ0) is 9.68. The summed E-state index contributed by atoms with van der Waals surface area (Å²) < 4.78 is 0. The van der Waals surface area contributed by atoms with Gasteiger partial charge >= 0.3 is 0 Å². The van der Waals surface area contributed by atoms with Gasteiger partial charge in [-0.1, -0.05) is 0 Å². The van der Waals surface area contributed by atoms with Gasteiger partial charge < -0.3 is 15.7 Å². The Morgan fingerprint density at radius 3 is 2.69 bits per heavy atom. The van der Waals surface area contributed by atoms with Crippen LogP contribution in [0.2, 0.25) is 0 Å². The van der Waals surface area contributed by atoms with Crippen LogP contribution in [0.25, 0.3) is 0 Å². The van der Waals surface area contributed by atoms with Crippen LogP contribution in [0.4, 0.5) is 0 Å². The number of hydrogen-bond acceptors (Lipinski definition) is 4. The molecule has 0 saturated carbocycles. The quantitative estimate of drug-likeness (QED) is 0.591. The van der Waals surface area contributed by atoms with Crippen molar-refractivity contribution in [3.05, 3.63) is 0 Å². The standard InChI is InChI=1S/C9H21N3O/c1-11-3-2-4-12(6-5-11)9(7-10)8-13/h9,13H,2-8,10H2,1H3. The molecule has 0 radical (unpaired) electrons. The number of aliphatic hydroxyl groups is 1. The first kappa shape index (κ1) is 10.9. The highest BCUT2D eigenvalue weighted by molar-refractivity contribution is 4.75. The summed E-state index contributed by atoms with van der Waals surface area (Å²) in [5.41, 5.74) is 5.58. The highest BCUT2D eigenvalue weighted by atomic mass is 16.3. The SMILES string of the molecule is CN1CCCN(C(CN)CO)CC1. The molecular formula is C9H21N3O. The first-order valence-electron chi connectivity index (χ1n) is 5.01. The van der Waals surface area contributed by atoms with Crippen molar-refractivity contribution in [2.75, 3.05) is 46.4 Å². The third-order valence-corrected chi connectivity index (χ3v) is 2.75. The number of nitrogens with zero attached hydrogens (tertiary/aromatic N) is 2. The lowest BCUT2D eigenvalue weighted by atomic mass is 10.2. The Kier molecular flexibility index (Phi) is 4.66. The highest BCUT2D eigenvalue weighted by Crippen LogP contribution is 2.04. The van der Waals surface area contributed by atoms with Crippen LogP contribution in [-0.2, 0) is 0 Å². The maximum atomic E-state index is 9.10. The average Bonchev–Trinajstić information content (AvgIpc) is 2.34. The molecule has 0 aliphatic carbocycles. The molecule has 1 fully saturated rings. The van der Waals surface area contributed by atoms with E-state index >= 15 is 0 Å². The lowest BCUT2D eigenvalue weighted by molar-refractivity contribution is 0.131. The maximum Gasteiger partial charge on any atom is 0.0599 e. The Morgan fingerprint density at radius 2 is 2.08 bits per heavy atom. The van der Waals surface area contributed by atoms with Gasteiger partial charge in [-0.2, -0.15) is 0 Å². The molecule has 4 nitrogen and oxygen atoms in total. The van der Waals surface area contributed by atoms with Crippen molar-refractivity contribution < 1.29 is 5.11 Å². The Hall–Kier alpha value is -0.160. The summed E-state index contributed by atoms with van der Waals surface area (Å²) in [5, 5.41) is 9.10. The van der Waals surface area contributed by atoms with Gasteiger partial charge in [0, 0.05) is 25.7 Å². The average molecular weight is 187 g/mol. The van der Waals surface area contributed by atoms with Crippen molar-refractivity contribution in [3.63, 3.8) is 0 Å². The molecule has 0 aromatic carbocycles. The van der Waals surface area contributed by atoms with E-state index in [-0.39, 0.29) is 12.6 Å². The zero-order valence-electron chi connectivity index (χ0n) is 8.45. The van der Waals surface area contributed by atoms with E-state index in [1.165, 1.54) is 6.42 Å². The Labute approximate surface area is 80.3 Å². The molecule has 1 heterocycles. The van der Waals surface area contributed by atoms with Gasteiger partial charge in [-0.3, -0.25) is 4.90 Å². The van der Waals surface area contributed by atoms with E-state index in [0.717, 1.165) is 26.2 Å². The normalized spacial score (nSPS) is 24.2. The molecule has 1 saturated heterocycles. The van der Waals surface area contributed by atoms with Crippen LogP contribution in [0.15, 0.2) is 0 Å². The van der Waals surface area contributed by atoms with Crippen LogP contribution in [0, 0.1) is 0 Å². The lowest BCUT2D eigenvalue weighted by Gasteiger charge is -2.27. The van der Waals surface area contributed by atoms with Gasteiger partial charge in [0.05, 0.1) is 6.61 Å². The molecule has 0 spiro atoms. The second-order valence-electron chi connectivity index (χ2n) is 3.76. The largest absolute Gasteiger partial charge is 0.395 e. The summed E-state index contributed by atoms with van der Waals surface area (Å²) in [6.07, 6.45) is 1.17. The number of rotatable bonds is 3. The van der Waals surface area contributed by atoms with E-state index in [4.69, 9.17) is 10.8 Å². The molecule has 13 heavy (non-hydrogen) atoms. The molecular weight excluding hydrogens is 166 g/mol. The fourth-order valence-electron chi connectivity index (χ4n) is 1.77. The molecule has 0 amide bonds. The molecule has 0 bridgehead atoms. The molecule has 1 atom stereocenters. The molecule has 3 N–H and O–H groups in total. The number of nitrogens with two attached hydrogens (primary N) is 1. The van der Waals surface area contributed by atoms with E-state index < -0.39 is 0 Å². The van der Waals surface area contributed by atoms with Gasteiger partial charge in [0.15, 0.2) is 0 Å². The summed E-state index contributed by atoms with van der Waals surface area (Å²) in [7, 11) is 2.14. The van der Waals surface area contributed by atoms with E-state index in [1.807, 2.05) is 0 Å². The number of hydrogen-bond donors (Lipinski definition) is 2. The smallest absolute Gasteiger partial charge is 0.0599 e. The van der Waals surface area contributed by atoms with Crippen LogP contribution in [0.5, 0.6) is 0 Å². The van der Waals surface area contributed by atoms with E-state index in [1.54, 1.807) is 0 Å². The minimum atomic E-state index is 0.159. The van der Waals surface area contributed by atoms with Crippen molar-refractivity contribution >= 4 is 0 Å². The summed E-state index contributed by atoms with van der Waals surface area (Å²) in [6, 6.07) is 0.159. The summed E-state index contributed by atoms with van der Waals surface area (Å²) in [5.74, 6) is 0. The Morgan fingerprint density at radius 1 is 1.31 bits per heavy atom. The van der Waals surface area contributed by atoms with E-state index in [0.29, 0.717) is 6.54 Å². The molecule has 1 unspecified atom stereocenters. The monoisotopic (exact) mass is 187 g/mol. The molecule has 1 aliphatic heterocycles. The molecule has 0 aromatic rings. The van der Waals surface area contributed by atoms with Gasteiger partial charge in [-0.05, 0) is 26.6 Å². The van der Waals surface area contributed by atoms with Crippen molar-refractivity contribution in [1.82, 2.24) is 9.80 Å². The van der Waals surface area contributed by atoms with Crippen LogP contribution < -0.4 is 5.73 Å². The first-order chi connectivity index (χ1) is 6.27. The molecule has 78 valence electrons. The summed E-state index contributed by atoms with van der Waals surface area (Å²) >= 11 is 0. The predicted molar refractivity (Wildman–Crippen MR) is 53.6 cm³/mol. The van der Waals surface area contributed by atoms with Crippen molar-refractivity contribution in [2.45, 2.75) is 12.5 Å². The first-order valence-corrected chi connectivity index (χ1v) is 5.01. The fourth-order valence-corrected chi connectivity index (χ4v) is 1.77. The third kappa shape index (κ3) is 3.23. The van der Waals surface area contributed by atoms with Crippen molar-refractivity contribution in [2.24, 2.45) is 5.73 Å². The van der Waals surface area contributed by atoms with E-state index in [2.05, 4.69) is 16.8 Å². The van der Waals surface area contributed by atoms with Crippen LogP contribution in [-0.4, -0.2) is 67.3 Å². The van der Waals surface area contributed by atoms with Gasteiger partial charge in [-0.25, -0.2) is 0 Å². The summed E-state index contributed by atoms with van der Waals surface area (Å²) in [6.45, 7) is 5.06. The van der Waals surface area contributed by atoms with Crippen molar-refractivity contribution in [3.8, 4) is 0 Å². The predicted octanol–water partition coefficient (Wildman–Crippen LogP) is -1.06. The minimum Gasteiger partial charge on any atom is -0.395 e. The van der Waals surface area contributed by atoms with Crippen LogP contribution in [0.3, 0.4) is 0 Å². The maximum absolute atomic E-state index is 9.10. The molecule has 4 heteroatoms. The van der Waals surface area contributed by atoms with Gasteiger partial charge in [0.2, 0.25) is 0 Å². The Balaban J connectivity index is 2.40.